The van der Waals surface area contributed by atoms with Gasteiger partial charge in [0, 0.05) is 14.5 Å². The van der Waals surface area contributed by atoms with Crippen LogP contribution in [0.25, 0.3) is 0 Å². The molecule has 0 heterocycles. The summed E-state index contributed by atoms with van der Waals surface area (Å²) in [6.07, 6.45) is 0. The summed E-state index contributed by atoms with van der Waals surface area (Å²) in [5, 5.41) is 0. The molecule has 0 aliphatic rings. The Kier molecular flexibility index (Phi) is 4.96. The molecule has 5 heteroatoms. The predicted octanol–water partition coefficient (Wildman–Crippen LogP) is 4.42. The van der Waals surface area contributed by atoms with E-state index in [1.807, 2.05) is 42.5 Å². The van der Waals surface area contributed by atoms with Gasteiger partial charge in [-0.2, -0.15) is 0 Å². The Balaban J connectivity index is 2.06. The Morgan fingerprint density at radius 1 is 1.11 bits per heavy atom. The molecule has 0 aliphatic carbocycles. The third-order valence-corrected chi connectivity index (χ3v) is 3.93. The normalized spacial score (nSPS) is 10.2. The smallest absolute Gasteiger partial charge is 0.120 e. The Labute approximate surface area is 134 Å². The van der Waals surface area contributed by atoms with Gasteiger partial charge >= 0.3 is 0 Å². The highest BCUT2D eigenvalue weighted by Crippen LogP contribution is 2.24. The number of hydrogen-bond acceptors (Lipinski definition) is 2. The van der Waals surface area contributed by atoms with Crippen LogP contribution in [0.5, 0.6) is 5.75 Å². The van der Waals surface area contributed by atoms with Crippen molar-refractivity contribution in [3.8, 4) is 5.75 Å². The second-order valence-electron chi connectivity index (χ2n) is 3.92. The van der Waals surface area contributed by atoms with Crippen LogP contribution in [0, 0.1) is 0 Å². The van der Waals surface area contributed by atoms with Crippen molar-refractivity contribution >= 4 is 49.1 Å². The monoisotopic (exact) mass is 399 g/mol. The van der Waals surface area contributed by atoms with Gasteiger partial charge in [0.1, 0.15) is 17.3 Å². The molecule has 0 aliphatic heterocycles. The summed E-state index contributed by atoms with van der Waals surface area (Å²) in [6, 6.07) is 13.6. The first-order valence-electron chi connectivity index (χ1n) is 5.53. The second-order valence-corrected chi connectivity index (χ2v) is 6.13. The molecule has 98 valence electrons. The van der Waals surface area contributed by atoms with Crippen LogP contribution in [0.3, 0.4) is 0 Å². The van der Waals surface area contributed by atoms with Gasteiger partial charge in [-0.3, -0.25) is 0 Å². The highest BCUT2D eigenvalue weighted by Gasteiger charge is 2.04. The van der Waals surface area contributed by atoms with Crippen LogP contribution >= 0.6 is 44.1 Å². The van der Waals surface area contributed by atoms with Crippen molar-refractivity contribution in [2.45, 2.75) is 6.61 Å². The summed E-state index contributed by atoms with van der Waals surface area (Å²) < 4.78 is 7.61. The lowest BCUT2D eigenvalue weighted by molar-refractivity contribution is 0.306. The van der Waals surface area contributed by atoms with Crippen molar-refractivity contribution in [3.05, 3.63) is 62.5 Å². The van der Waals surface area contributed by atoms with Crippen LogP contribution in [0.4, 0.5) is 0 Å². The summed E-state index contributed by atoms with van der Waals surface area (Å²) in [7, 11) is 0. The van der Waals surface area contributed by atoms with Crippen LogP contribution in [-0.4, -0.2) is 4.99 Å². The molecule has 2 aromatic rings. The van der Waals surface area contributed by atoms with E-state index in [0.717, 1.165) is 25.8 Å². The fourth-order valence-electron chi connectivity index (χ4n) is 1.53. The SMILES string of the molecule is NC(=S)c1ccc(OCc2ccc(Br)cc2)cc1Br. The molecule has 0 bridgehead atoms. The standard InChI is InChI=1S/C14H11Br2NOS/c15-10-3-1-9(2-4-10)8-18-11-5-6-12(14(17)19)13(16)7-11/h1-7H,8H2,(H2,17,19). The van der Waals surface area contributed by atoms with Crippen molar-refractivity contribution in [3.63, 3.8) is 0 Å². The van der Waals surface area contributed by atoms with Gasteiger partial charge in [-0.05, 0) is 51.8 Å². The average molecular weight is 401 g/mol. The van der Waals surface area contributed by atoms with E-state index < -0.39 is 0 Å². The summed E-state index contributed by atoms with van der Waals surface area (Å²) in [4.78, 5) is 0.367. The topological polar surface area (TPSA) is 35.2 Å². The van der Waals surface area contributed by atoms with E-state index in [1.54, 1.807) is 0 Å². The number of thiocarbonyl (C=S) groups is 1. The minimum absolute atomic E-state index is 0.367. The molecule has 0 aromatic heterocycles. The Bertz CT molecular complexity index is 599. The largest absolute Gasteiger partial charge is 0.489 e. The summed E-state index contributed by atoms with van der Waals surface area (Å²) in [5.41, 5.74) is 7.52. The Hall–Kier alpha value is -0.910. The molecule has 19 heavy (non-hydrogen) atoms. The lowest BCUT2D eigenvalue weighted by Gasteiger charge is -2.09. The number of rotatable bonds is 4. The minimum Gasteiger partial charge on any atom is -0.489 e. The van der Waals surface area contributed by atoms with Crippen molar-refractivity contribution in [2.24, 2.45) is 5.73 Å². The lowest BCUT2D eigenvalue weighted by Crippen LogP contribution is -2.10. The molecule has 2 N–H and O–H groups in total. The quantitative estimate of drug-likeness (QED) is 0.771. The van der Waals surface area contributed by atoms with E-state index >= 15 is 0 Å². The molecule has 0 saturated carbocycles. The summed E-state index contributed by atoms with van der Waals surface area (Å²) >= 11 is 11.8. The zero-order valence-electron chi connectivity index (χ0n) is 9.90. The molecular weight excluding hydrogens is 390 g/mol. The zero-order chi connectivity index (χ0) is 13.8. The van der Waals surface area contributed by atoms with Crippen molar-refractivity contribution in [1.82, 2.24) is 0 Å². The number of nitrogens with two attached hydrogens (primary N) is 1. The molecular formula is C14H11Br2NOS. The van der Waals surface area contributed by atoms with Gasteiger partial charge in [0.15, 0.2) is 0 Å². The summed E-state index contributed by atoms with van der Waals surface area (Å²) in [6.45, 7) is 0.520. The highest BCUT2D eigenvalue weighted by molar-refractivity contribution is 9.10. The van der Waals surface area contributed by atoms with Gasteiger partial charge in [0.2, 0.25) is 0 Å². The van der Waals surface area contributed by atoms with Crippen LogP contribution in [-0.2, 0) is 6.61 Å². The van der Waals surface area contributed by atoms with Gasteiger partial charge < -0.3 is 10.5 Å². The van der Waals surface area contributed by atoms with Crippen LogP contribution in [0.1, 0.15) is 11.1 Å². The van der Waals surface area contributed by atoms with Gasteiger partial charge in [0.25, 0.3) is 0 Å². The molecule has 0 radical (unpaired) electrons. The van der Waals surface area contributed by atoms with Crippen LogP contribution in [0.15, 0.2) is 51.4 Å². The Morgan fingerprint density at radius 2 is 1.79 bits per heavy atom. The van der Waals surface area contributed by atoms with Crippen molar-refractivity contribution < 1.29 is 4.74 Å². The second kappa shape index (κ2) is 6.50. The molecule has 2 rings (SSSR count). The maximum Gasteiger partial charge on any atom is 0.120 e. The first-order chi connectivity index (χ1) is 9.06. The molecule has 0 amide bonds. The summed E-state index contributed by atoms with van der Waals surface area (Å²) in [5.74, 6) is 0.773. The van der Waals surface area contributed by atoms with Crippen LogP contribution in [0.2, 0.25) is 0 Å². The third-order valence-electron chi connectivity index (χ3n) is 2.52. The number of benzene rings is 2. The van der Waals surface area contributed by atoms with E-state index in [-0.39, 0.29) is 0 Å². The first-order valence-corrected chi connectivity index (χ1v) is 7.52. The van der Waals surface area contributed by atoms with E-state index in [1.165, 1.54) is 0 Å². The number of hydrogen-bond donors (Lipinski definition) is 1. The zero-order valence-corrected chi connectivity index (χ0v) is 13.9. The third kappa shape index (κ3) is 4.03. The molecule has 0 fully saturated rings. The fraction of sp³-hybridized carbons (Fsp3) is 0.0714. The van der Waals surface area contributed by atoms with Crippen molar-refractivity contribution in [2.75, 3.05) is 0 Å². The average Bonchev–Trinajstić information content (AvgIpc) is 2.37. The molecule has 0 spiro atoms. The molecule has 2 nitrogen and oxygen atoms in total. The number of ether oxygens (including phenoxy) is 1. The number of halogens is 2. The fourth-order valence-corrected chi connectivity index (χ4v) is 2.68. The molecule has 2 aromatic carbocycles. The predicted molar refractivity (Wildman–Crippen MR) is 88.5 cm³/mol. The van der Waals surface area contributed by atoms with E-state index in [4.69, 9.17) is 22.7 Å². The first kappa shape index (κ1) is 14.5. The highest BCUT2D eigenvalue weighted by atomic mass is 79.9. The molecule has 0 saturated heterocycles. The molecule has 0 unspecified atom stereocenters. The van der Waals surface area contributed by atoms with E-state index in [9.17, 15) is 0 Å². The van der Waals surface area contributed by atoms with E-state index in [0.29, 0.717) is 11.6 Å². The van der Waals surface area contributed by atoms with Crippen molar-refractivity contribution in [1.29, 1.82) is 0 Å². The minimum atomic E-state index is 0.367. The lowest BCUT2D eigenvalue weighted by atomic mass is 10.2. The van der Waals surface area contributed by atoms with Gasteiger partial charge in [0.05, 0.1) is 0 Å². The van der Waals surface area contributed by atoms with Crippen LogP contribution < -0.4 is 10.5 Å². The van der Waals surface area contributed by atoms with Gasteiger partial charge in [-0.15, -0.1) is 0 Å². The molecule has 0 atom stereocenters. The van der Waals surface area contributed by atoms with Gasteiger partial charge in [-0.1, -0.05) is 40.3 Å². The van der Waals surface area contributed by atoms with Gasteiger partial charge in [-0.25, -0.2) is 0 Å². The maximum absolute atomic E-state index is 5.72. The Morgan fingerprint density at radius 3 is 2.37 bits per heavy atom. The van der Waals surface area contributed by atoms with E-state index in [2.05, 4.69) is 31.9 Å². The maximum atomic E-state index is 5.72.